The average Bonchev–Trinajstić information content (AvgIpc) is 3.29. The summed E-state index contributed by atoms with van der Waals surface area (Å²) in [6, 6.07) is 6.83. The summed E-state index contributed by atoms with van der Waals surface area (Å²) in [6.45, 7) is 2.01. The van der Waals surface area contributed by atoms with E-state index in [1.807, 2.05) is 19.0 Å². The fraction of sp³-hybridized carbons (Fsp3) is 0.500. The molecule has 0 bridgehead atoms. The maximum absolute atomic E-state index is 13.2. The first-order chi connectivity index (χ1) is 13.0. The molecule has 1 spiro atoms. The third kappa shape index (κ3) is 3.43. The number of imidazole rings is 1. The van der Waals surface area contributed by atoms with Gasteiger partial charge in [0.25, 0.3) is 5.91 Å². The van der Waals surface area contributed by atoms with Crippen molar-refractivity contribution in [2.24, 2.45) is 7.05 Å². The van der Waals surface area contributed by atoms with Crippen molar-refractivity contribution in [2.75, 3.05) is 31.6 Å². The van der Waals surface area contributed by atoms with Gasteiger partial charge in [-0.25, -0.2) is 9.37 Å². The van der Waals surface area contributed by atoms with Crippen molar-refractivity contribution in [3.05, 3.63) is 48.3 Å². The number of hydrogen-bond acceptors (Lipinski definition) is 4. The Hall–Kier alpha value is -2.41. The van der Waals surface area contributed by atoms with Crippen LogP contribution in [0.3, 0.4) is 0 Å². The smallest absolute Gasteiger partial charge is 0.289 e. The zero-order valence-corrected chi connectivity index (χ0v) is 15.8. The molecule has 0 unspecified atom stereocenters. The average molecular weight is 372 g/mol. The Morgan fingerprint density at radius 3 is 2.63 bits per heavy atom. The molecule has 3 heterocycles. The van der Waals surface area contributed by atoms with Gasteiger partial charge in [-0.05, 0) is 43.5 Å². The molecule has 4 rings (SSSR count). The number of amides is 1. The number of likely N-dealkylation sites (N-methyl/N-ethyl adjacent to an activating group) is 1. The summed E-state index contributed by atoms with van der Waals surface area (Å²) in [5.74, 6) is 0.235. The van der Waals surface area contributed by atoms with Crippen LogP contribution in [-0.4, -0.2) is 58.7 Å². The fourth-order valence-electron chi connectivity index (χ4n) is 4.13. The molecule has 6 nitrogen and oxygen atoms in total. The van der Waals surface area contributed by atoms with E-state index in [-0.39, 0.29) is 23.4 Å². The van der Waals surface area contributed by atoms with E-state index >= 15 is 0 Å². The Kier molecular flexibility index (Phi) is 4.63. The Bertz CT molecular complexity index is 812. The van der Waals surface area contributed by atoms with Gasteiger partial charge in [0.15, 0.2) is 5.82 Å². The number of carbonyl (C=O) groups excluding carboxylic acids is 1. The molecule has 2 saturated heterocycles. The molecule has 1 aromatic carbocycles. The number of ether oxygens (including phenoxy) is 1. The number of anilines is 1. The summed E-state index contributed by atoms with van der Waals surface area (Å²) in [7, 11) is 3.86. The highest BCUT2D eigenvalue weighted by molar-refractivity contribution is 5.90. The normalized spacial score (nSPS) is 21.6. The number of hydrogen-bond donors (Lipinski definition) is 0. The molecule has 1 aromatic heterocycles. The van der Waals surface area contributed by atoms with Crippen LogP contribution in [0.1, 0.15) is 29.9 Å². The van der Waals surface area contributed by atoms with Crippen LogP contribution in [0.4, 0.5) is 10.1 Å². The van der Waals surface area contributed by atoms with E-state index in [1.165, 1.54) is 12.1 Å². The summed E-state index contributed by atoms with van der Waals surface area (Å²) in [4.78, 5) is 20.8. The van der Waals surface area contributed by atoms with Crippen molar-refractivity contribution in [3.63, 3.8) is 0 Å². The first kappa shape index (κ1) is 18.0. The maximum atomic E-state index is 13.2. The SMILES string of the molecule is CN(c1ccc(F)cc1)[C@H]1COC2(CCN(C(=O)c3nccn3C)CC2)C1. The highest BCUT2D eigenvalue weighted by Crippen LogP contribution is 2.38. The Morgan fingerprint density at radius 2 is 2.00 bits per heavy atom. The minimum Gasteiger partial charge on any atom is -0.373 e. The lowest BCUT2D eigenvalue weighted by molar-refractivity contribution is -0.0390. The molecule has 2 fully saturated rings. The predicted octanol–water partition coefficient (Wildman–Crippen LogP) is 2.46. The van der Waals surface area contributed by atoms with Crippen LogP contribution in [0.25, 0.3) is 0 Å². The lowest BCUT2D eigenvalue weighted by Gasteiger charge is -2.38. The summed E-state index contributed by atoms with van der Waals surface area (Å²) in [5.41, 5.74) is 0.821. The molecule has 0 saturated carbocycles. The molecule has 0 N–H and O–H groups in total. The van der Waals surface area contributed by atoms with Crippen LogP contribution in [0.2, 0.25) is 0 Å². The molecule has 2 aromatic rings. The van der Waals surface area contributed by atoms with Gasteiger partial charge in [0.2, 0.25) is 0 Å². The zero-order chi connectivity index (χ0) is 19.0. The molecule has 1 atom stereocenters. The number of carbonyl (C=O) groups is 1. The standard InChI is InChI=1S/C20H25FN4O2/c1-23-12-9-22-18(23)19(26)25-10-7-20(8-11-25)13-17(14-27-20)24(2)16-5-3-15(21)4-6-16/h3-6,9,12,17H,7-8,10-11,13-14H2,1-2H3/t17-/m1/s1. The topological polar surface area (TPSA) is 50.6 Å². The van der Waals surface area contributed by atoms with Gasteiger partial charge in [-0.3, -0.25) is 4.79 Å². The Balaban J connectivity index is 1.37. The fourth-order valence-corrected chi connectivity index (χ4v) is 4.13. The second-order valence-electron chi connectivity index (χ2n) is 7.59. The molecule has 144 valence electrons. The highest BCUT2D eigenvalue weighted by Gasteiger charge is 2.44. The third-order valence-electron chi connectivity index (χ3n) is 5.95. The van der Waals surface area contributed by atoms with E-state index in [0.717, 1.165) is 24.9 Å². The van der Waals surface area contributed by atoms with Gasteiger partial charge in [-0.1, -0.05) is 0 Å². The lowest BCUT2D eigenvalue weighted by atomic mass is 9.87. The highest BCUT2D eigenvalue weighted by atomic mass is 19.1. The van der Waals surface area contributed by atoms with Gasteiger partial charge >= 0.3 is 0 Å². The monoisotopic (exact) mass is 372 g/mol. The zero-order valence-electron chi connectivity index (χ0n) is 15.8. The van der Waals surface area contributed by atoms with Crippen molar-refractivity contribution in [3.8, 4) is 0 Å². The molecular weight excluding hydrogens is 347 g/mol. The van der Waals surface area contributed by atoms with Crippen LogP contribution in [0.15, 0.2) is 36.7 Å². The van der Waals surface area contributed by atoms with Gasteiger partial charge in [0.1, 0.15) is 5.82 Å². The predicted molar refractivity (Wildman–Crippen MR) is 100 cm³/mol. The number of halogens is 1. The molecule has 0 radical (unpaired) electrons. The van der Waals surface area contributed by atoms with Crippen LogP contribution < -0.4 is 4.90 Å². The van der Waals surface area contributed by atoms with E-state index in [0.29, 0.717) is 25.5 Å². The van der Waals surface area contributed by atoms with Crippen LogP contribution in [0, 0.1) is 5.82 Å². The van der Waals surface area contributed by atoms with E-state index in [4.69, 9.17) is 4.74 Å². The summed E-state index contributed by atoms with van der Waals surface area (Å²) < 4.78 is 21.1. The van der Waals surface area contributed by atoms with Crippen molar-refractivity contribution >= 4 is 11.6 Å². The molecule has 1 amide bonds. The van der Waals surface area contributed by atoms with Crippen LogP contribution in [-0.2, 0) is 11.8 Å². The summed E-state index contributed by atoms with van der Waals surface area (Å²) >= 11 is 0. The van der Waals surface area contributed by atoms with Crippen LogP contribution in [0.5, 0.6) is 0 Å². The number of aryl methyl sites for hydroxylation is 1. The summed E-state index contributed by atoms with van der Waals surface area (Å²) in [6.07, 6.45) is 6.02. The molecular formula is C20H25FN4O2. The molecule has 2 aliphatic rings. The Morgan fingerprint density at radius 1 is 1.30 bits per heavy atom. The molecule has 2 aliphatic heterocycles. The summed E-state index contributed by atoms with van der Waals surface area (Å²) in [5, 5.41) is 0. The minimum absolute atomic E-state index is 0.0182. The second kappa shape index (κ2) is 6.96. The molecule has 7 heteroatoms. The minimum atomic E-state index is -0.226. The van der Waals surface area contributed by atoms with E-state index in [2.05, 4.69) is 9.88 Å². The quantitative estimate of drug-likeness (QED) is 0.831. The number of aromatic nitrogens is 2. The van der Waals surface area contributed by atoms with Crippen molar-refractivity contribution in [1.29, 1.82) is 0 Å². The van der Waals surface area contributed by atoms with E-state index < -0.39 is 0 Å². The first-order valence-electron chi connectivity index (χ1n) is 9.36. The van der Waals surface area contributed by atoms with E-state index in [9.17, 15) is 9.18 Å². The van der Waals surface area contributed by atoms with Gasteiger partial charge in [0, 0.05) is 45.3 Å². The molecule has 27 heavy (non-hydrogen) atoms. The van der Waals surface area contributed by atoms with Crippen LogP contribution >= 0.6 is 0 Å². The molecule has 0 aliphatic carbocycles. The first-order valence-corrected chi connectivity index (χ1v) is 9.36. The number of benzene rings is 1. The number of piperidine rings is 1. The van der Waals surface area contributed by atoms with Gasteiger partial charge in [-0.15, -0.1) is 0 Å². The second-order valence-corrected chi connectivity index (χ2v) is 7.59. The van der Waals surface area contributed by atoms with Crippen molar-refractivity contribution in [2.45, 2.75) is 30.9 Å². The Labute approximate surface area is 158 Å². The van der Waals surface area contributed by atoms with E-state index in [1.54, 1.807) is 29.1 Å². The van der Waals surface area contributed by atoms with Crippen molar-refractivity contribution < 1.29 is 13.9 Å². The van der Waals surface area contributed by atoms with Gasteiger partial charge < -0.3 is 19.1 Å². The number of rotatable bonds is 3. The van der Waals surface area contributed by atoms with Gasteiger partial charge in [-0.2, -0.15) is 0 Å². The lowest BCUT2D eigenvalue weighted by Crippen LogP contribution is -2.47. The van der Waals surface area contributed by atoms with Gasteiger partial charge in [0.05, 0.1) is 18.2 Å². The number of nitrogens with zero attached hydrogens (tertiary/aromatic N) is 4. The van der Waals surface area contributed by atoms with Crippen molar-refractivity contribution in [1.82, 2.24) is 14.5 Å². The third-order valence-corrected chi connectivity index (χ3v) is 5.95. The maximum Gasteiger partial charge on any atom is 0.289 e. The largest absolute Gasteiger partial charge is 0.373 e. The number of likely N-dealkylation sites (tertiary alicyclic amines) is 1.